The van der Waals surface area contributed by atoms with Gasteiger partial charge in [0.2, 0.25) is 11.8 Å². The maximum atomic E-state index is 12.0. The molecular formula is C19H21ClN2O2. The Bertz CT molecular complexity index is 731. The fourth-order valence-corrected chi connectivity index (χ4v) is 2.67. The molecular weight excluding hydrogens is 324 g/mol. The molecule has 0 saturated heterocycles. The number of amides is 2. The number of benzene rings is 2. The van der Waals surface area contributed by atoms with Gasteiger partial charge in [-0.2, -0.15) is 0 Å². The van der Waals surface area contributed by atoms with Crippen LogP contribution in [0.3, 0.4) is 0 Å². The Hall–Kier alpha value is -2.33. The van der Waals surface area contributed by atoms with Crippen LogP contribution in [0, 0.1) is 6.92 Å². The molecule has 0 spiro atoms. The Labute approximate surface area is 147 Å². The molecule has 2 aromatic carbocycles. The lowest BCUT2D eigenvalue weighted by Crippen LogP contribution is -2.38. The number of carbonyl (C=O) groups is 2. The van der Waals surface area contributed by atoms with Gasteiger partial charge in [-0.3, -0.25) is 9.59 Å². The standard InChI is InChI=1S/C19H21ClN2O2/c1-14-5-3-6-16(11-14)12-19(24)21-9-10-22(15(2)23)18-8-4-7-17(20)13-18/h3-8,11,13H,9-10,12H2,1-2H3,(H,21,24). The highest BCUT2D eigenvalue weighted by molar-refractivity contribution is 6.30. The quantitative estimate of drug-likeness (QED) is 0.873. The van der Waals surface area contributed by atoms with Gasteiger partial charge in [0.05, 0.1) is 6.42 Å². The number of anilines is 1. The topological polar surface area (TPSA) is 49.4 Å². The van der Waals surface area contributed by atoms with Crippen molar-refractivity contribution in [2.75, 3.05) is 18.0 Å². The first kappa shape index (κ1) is 18.0. The van der Waals surface area contributed by atoms with Crippen molar-refractivity contribution in [1.82, 2.24) is 5.32 Å². The predicted octanol–water partition coefficient (Wildman–Crippen LogP) is 3.36. The lowest BCUT2D eigenvalue weighted by Gasteiger charge is -2.21. The SMILES string of the molecule is CC(=O)N(CCNC(=O)Cc1cccc(C)c1)c1cccc(Cl)c1. The first-order chi connectivity index (χ1) is 11.5. The van der Waals surface area contributed by atoms with E-state index in [1.807, 2.05) is 37.3 Å². The highest BCUT2D eigenvalue weighted by atomic mass is 35.5. The second-order valence-corrected chi connectivity index (χ2v) is 6.10. The van der Waals surface area contributed by atoms with Crippen molar-refractivity contribution in [3.05, 3.63) is 64.7 Å². The molecule has 0 aliphatic heterocycles. The van der Waals surface area contributed by atoms with E-state index >= 15 is 0 Å². The van der Waals surface area contributed by atoms with Gasteiger partial charge in [-0.25, -0.2) is 0 Å². The third kappa shape index (κ3) is 5.39. The molecule has 0 heterocycles. The predicted molar refractivity (Wildman–Crippen MR) is 97.4 cm³/mol. The molecule has 5 heteroatoms. The molecule has 0 unspecified atom stereocenters. The molecule has 2 rings (SSSR count). The molecule has 2 amide bonds. The summed E-state index contributed by atoms with van der Waals surface area (Å²) in [5.74, 6) is -0.152. The number of carbonyl (C=O) groups excluding carboxylic acids is 2. The van der Waals surface area contributed by atoms with Gasteiger partial charge in [0.15, 0.2) is 0 Å². The molecule has 0 aromatic heterocycles. The second-order valence-electron chi connectivity index (χ2n) is 5.67. The van der Waals surface area contributed by atoms with Crippen LogP contribution >= 0.6 is 11.6 Å². The van der Waals surface area contributed by atoms with Gasteiger partial charge in [-0.15, -0.1) is 0 Å². The highest BCUT2D eigenvalue weighted by Gasteiger charge is 2.12. The van der Waals surface area contributed by atoms with Crippen LogP contribution in [0.1, 0.15) is 18.1 Å². The van der Waals surface area contributed by atoms with Gasteiger partial charge < -0.3 is 10.2 Å². The average Bonchev–Trinajstić information content (AvgIpc) is 2.51. The summed E-state index contributed by atoms with van der Waals surface area (Å²) in [5, 5.41) is 3.43. The largest absolute Gasteiger partial charge is 0.354 e. The zero-order valence-corrected chi connectivity index (χ0v) is 14.6. The monoisotopic (exact) mass is 344 g/mol. The summed E-state index contributed by atoms with van der Waals surface area (Å²) >= 11 is 5.97. The molecule has 4 nitrogen and oxygen atoms in total. The van der Waals surface area contributed by atoms with E-state index in [-0.39, 0.29) is 11.8 Å². The molecule has 1 N–H and O–H groups in total. The summed E-state index contributed by atoms with van der Waals surface area (Å²) in [6, 6.07) is 15.0. The van der Waals surface area contributed by atoms with E-state index in [1.54, 1.807) is 23.1 Å². The first-order valence-corrected chi connectivity index (χ1v) is 8.19. The van der Waals surface area contributed by atoms with Crippen molar-refractivity contribution in [1.29, 1.82) is 0 Å². The third-order valence-electron chi connectivity index (χ3n) is 3.60. The van der Waals surface area contributed by atoms with Crippen molar-refractivity contribution in [3.63, 3.8) is 0 Å². The second kappa shape index (κ2) is 8.50. The van der Waals surface area contributed by atoms with E-state index in [0.717, 1.165) is 16.8 Å². The van der Waals surface area contributed by atoms with Gasteiger partial charge in [-0.1, -0.05) is 47.5 Å². The number of hydrogen-bond donors (Lipinski definition) is 1. The summed E-state index contributed by atoms with van der Waals surface area (Å²) in [7, 11) is 0. The summed E-state index contributed by atoms with van der Waals surface area (Å²) < 4.78 is 0. The summed E-state index contributed by atoms with van der Waals surface area (Å²) in [4.78, 5) is 25.5. The molecule has 0 aliphatic rings. The normalized spacial score (nSPS) is 10.3. The molecule has 0 fully saturated rings. The van der Waals surface area contributed by atoms with Crippen LogP contribution in [0.15, 0.2) is 48.5 Å². The van der Waals surface area contributed by atoms with Crippen molar-refractivity contribution < 1.29 is 9.59 Å². The van der Waals surface area contributed by atoms with Crippen molar-refractivity contribution >= 4 is 29.1 Å². The Morgan fingerprint density at radius 3 is 2.54 bits per heavy atom. The molecule has 0 radical (unpaired) electrons. The fraction of sp³-hybridized carbons (Fsp3) is 0.263. The van der Waals surface area contributed by atoms with E-state index in [0.29, 0.717) is 24.5 Å². The van der Waals surface area contributed by atoms with Crippen LogP contribution in [0.25, 0.3) is 0 Å². The number of halogens is 1. The summed E-state index contributed by atoms with van der Waals surface area (Å²) in [6.07, 6.45) is 0.332. The van der Waals surface area contributed by atoms with Gasteiger partial charge in [0.1, 0.15) is 0 Å². The average molecular weight is 345 g/mol. The fourth-order valence-electron chi connectivity index (χ4n) is 2.49. The van der Waals surface area contributed by atoms with E-state index in [9.17, 15) is 9.59 Å². The number of aryl methyl sites for hydroxylation is 1. The minimum Gasteiger partial charge on any atom is -0.354 e. The Kier molecular flexibility index (Phi) is 6.38. The van der Waals surface area contributed by atoms with Crippen LogP contribution in [0.4, 0.5) is 5.69 Å². The first-order valence-electron chi connectivity index (χ1n) is 7.81. The number of rotatable bonds is 6. The number of nitrogens with one attached hydrogen (secondary N) is 1. The Morgan fingerprint density at radius 2 is 1.88 bits per heavy atom. The van der Waals surface area contributed by atoms with Crippen LogP contribution in [0.5, 0.6) is 0 Å². The molecule has 126 valence electrons. The zero-order valence-electron chi connectivity index (χ0n) is 13.9. The molecule has 0 aliphatic carbocycles. The van der Waals surface area contributed by atoms with Crippen LogP contribution in [-0.2, 0) is 16.0 Å². The third-order valence-corrected chi connectivity index (χ3v) is 3.84. The van der Waals surface area contributed by atoms with Crippen LogP contribution in [-0.4, -0.2) is 24.9 Å². The number of hydrogen-bond acceptors (Lipinski definition) is 2. The van der Waals surface area contributed by atoms with Gasteiger partial charge in [0, 0.05) is 30.7 Å². The molecule has 2 aromatic rings. The summed E-state index contributed by atoms with van der Waals surface area (Å²) in [5.41, 5.74) is 2.83. The van der Waals surface area contributed by atoms with Crippen LogP contribution < -0.4 is 10.2 Å². The van der Waals surface area contributed by atoms with Gasteiger partial charge in [-0.05, 0) is 30.7 Å². The maximum absolute atomic E-state index is 12.0. The van der Waals surface area contributed by atoms with Gasteiger partial charge >= 0.3 is 0 Å². The molecule has 0 atom stereocenters. The highest BCUT2D eigenvalue weighted by Crippen LogP contribution is 2.19. The smallest absolute Gasteiger partial charge is 0.224 e. The van der Waals surface area contributed by atoms with Gasteiger partial charge in [0.25, 0.3) is 0 Å². The van der Waals surface area contributed by atoms with E-state index < -0.39 is 0 Å². The van der Waals surface area contributed by atoms with Crippen molar-refractivity contribution in [3.8, 4) is 0 Å². The lowest BCUT2D eigenvalue weighted by atomic mass is 10.1. The lowest BCUT2D eigenvalue weighted by molar-refractivity contribution is -0.121. The number of nitrogens with zero attached hydrogens (tertiary/aromatic N) is 1. The minimum atomic E-state index is -0.0924. The zero-order chi connectivity index (χ0) is 17.5. The summed E-state index contributed by atoms with van der Waals surface area (Å²) in [6.45, 7) is 4.28. The molecule has 24 heavy (non-hydrogen) atoms. The van der Waals surface area contributed by atoms with E-state index in [2.05, 4.69) is 5.32 Å². The van der Waals surface area contributed by atoms with Crippen LogP contribution in [0.2, 0.25) is 5.02 Å². The maximum Gasteiger partial charge on any atom is 0.224 e. The van der Waals surface area contributed by atoms with Crippen molar-refractivity contribution in [2.24, 2.45) is 0 Å². The minimum absolute atomic E-state index is 0.0600. The Morgan fingerprint density at radius 1 is 1.12 bits per heavy atom. The molecule has 0 saturated carbocycles. The Balaban J connectivity index is 1.89. The van der Waals surface area contributed by atoms with E-state index in [1.165, 1.54) is 6.92 Å². The van der Waals surface area contributed by atoms with E-state index in [4.69, 9.17) is 11.6 Å². The van der Waals surface area contributed by atoms with Crippen molar-refractivity contribution in [2.45, 2.75) is 20.3 Å². The molecule has 0 bridgehead atoms.